The molecular formula is C21H22ClN3O4. The first-order chi connectivity index (χ1) is 13.9. The molecule has 2 N–H and O–H groups in total. The van der Waals surface area contributed by atoms with E-state index in [1.54, 1.807) is 55.5 Å². The lowest BCUT2D eigenvalue weighted by molar-refractivity contribution is -0.134. The standard InChI is InChI=1S/C21H22ClN3O4/c1-3-21(14-5-7-15(22)8-6-14)19(27)25(20(28)24-21)13-18(26)23-16-9-11-17(12-10-16)29-4-2/h5-12H,3-4,13H2,1-2H3,(H,23,26)(H,24,28)/t21-/m0/s1. The summed E-state index contributed by atoms with van der Waals surface area (Å²) < 4.78 is 5.36. The molecule has 0 saturated carbocycles. The molecule has 1 aliphatic heterocycles. The Morgan fingerprint density at radius 2 is 1.76 bits per heavy atom. The number of rotatable bonds is 7. The topological polar surface area (TPSA) is 87.7 Å². The molecule has 7 nitrogen and oxygen atoms in total. The number of nitrogens with one attached hydrogen (secondary N) is 2. The van der Waals surface area contributed by atoms with E-state index in [2.05, 4.69) is 10.6 Å². The molecule has 2 aromatic rings. The fourth-order valence-corrected chi connectivity index (χ4v) is 3.41. The van der Waals surface area contributed by atoms with Gasteiger partial charge < -0.3 is 15.4 Å². The number of anilines is 1. The summed E-state index contributed by atoms with van der Waals surface area (Å²) in [6.45, 7) is 3.85. The number of amides is 4. The minimum absolute atomic E-state index is 0.343. The van der Waals surface area contributed by atoms with E-state index in [4.69, 9.17) is 16.3 Å². The minimum Gasteiger partial charge on any atom is -0.494 e. The van der Waals surface area contributed by atoms with E-state index in [1.165, 1.54) is 0 Å². The van der Waals surface area contributed by atoms with Gasteiger partial charge in [0, 0.05) is 10.7 Å². The van der Waals surface area contributed by atoms with Crippen molar-refractivity contribution in [2.24, 2.45) is 0 Å². The quantitative estimate of drug-likeness (QED) is 0.677. The lowest BCUT2D eigenvalue weighted by Gasteiger charge is -2.25. The molecule has 152 valence electrons. The van der Waals surface area contributed by atoms with Crippen LogP contribution in [-0.2, 0) is 15.1 Å². The molecule has 1 saturated heterocycles. The van der Waals surface area contributed by atoms with E-state index in [0.717, 1.165) is 4.90 Å². The summed E-state index contributed by atoms with van der Waals surface area (Å²) in [5.74, 6) is -0.245. The smallest absolute Gasteiger partial charge is 0.325 e. The predicted octanol–water partition coefficient (Wildman–Crippen LogP) is 3.53. The molecule has 0 radical (unpaired) electrons. The lowest BCUT2D eigenvalue weighted by Crippen LogP contribution is -2.44. The zero-order chi connectivity index (χ0) is 21.0. The van der Waals surface area contributed by atoms with Crippen LogP contribution in [0.15, 0.2) is 48.5 Å². The van der Waals surface area contributed by atoms with Crippen molar-refractivity contribution in [1.29, 1.82) is 0 Å². The Kier molecular flexibility index (Phi) is 6.08. The number of ether oxygens (including phenoxy) is 1. The van der Waals surface area contributed by atoms with Crippen LogP contribution in [-0.4, -0.2) is 35.9 Å². The molecule has 2 aromatic carbocycles. The Morgan fingerprint density at radius 3 is 2.34 bits per heavy atom. The van der Waals surface area contributed by atoms with Crippen LogP contribution in [0.1, 0.15) is 25.8 Å². The highest BCUT2D eigenvalue weighted by molar-refractivity contribution is 6.30. The first-order valence-electron chi connectivity index (χ1n) is 9.32. The zero-order valence-corrected chi connectivity index (χ0v) is 17.0. The Balaban J connectivity index is 1.72. The van der Waals surface area contributed by atoms with Crippen LogP contribution in [0.25, 0.3) is 0 Å². The van der Waals surface area contributed by atoms with E-state index in [0.29, 0.717) is 35.1 Å². The van der Waals surface area contributed by atoms with Gasteiger partial charge in [0.2, 0.25) is 5.91 Å². The molecule has 0 aromatic heterocycles. The number of hydrogen-bond acceptors (Lipinski definition) is 4. The fraction of sp³-hybridized carbons (Fsp3) is 0.286. The van der Waals surface area contributed by atoms with Crippen LogP contribution in [0, 0.1) is 0 Å². The fourth-order valence-electron chi connectivity index (χ4n) is 3.29. The summed E-state index contributed by atoms with van der Waals surface area (Å²) in [7, 11) is 0. The first kappa shape index (κ1) is 20.7. The molecule has 0 spiro atoms. The second-order valence-electron chi connectivity index (χ2n) is 6.59. The largest absolute Gasteiger partial charge is 0.494 e. The van der Waals surface area contributed by atoms with Crippen LogP contribution >= 0.6 is 11.6 Å². The van der Waals surface area contributed by atoms with Gasteiger partial charge >= 0.3 is 6.03 Å². The summed E-state index contributed by atoms with van der Waals surface area (Å²) in [5, 5.41) is 5.96. The van der Waals surface area contributed by atoms with Gasteiger partial charge in [-0.05, 0) is 55.3 Å². The highest BCUT2D eigenvalue weighted by Crippen LogP contribution is 2.33. The Bertz CT molecular complexity index is 915. The summed E-state index contributed by atoms with van der Waals surface area (Å²) in [5.41, 5.74) is -0.0386. The van der Waals surface area contributed by atoms with Crippen molar-refractivity contribution < 1.29 is 19.1 Å². The average Bonchev–Trinajstić information content (AvgIpc) is 2.95. The average molecular weight is 416 g/mol. The number of carbonyl (C=O) groups is 3. The number of hydrogen-bond donors (Lipinski definition) is 2. The normalized spacial score (nSPS) is 18.5. The van der Waals surface area contributed by atoms with Gasteiger partial charge in [-0.3, -0.25) is 14.5 Å². The van der Waals surface area contributed by atoms with Crippen molar-refractivity contribution in [1.82, 2.24) is 10.2 Å². The van der Waals surface area contributed by atoms with Crippen LogP contribution in [0.3, 0.4) is 0 Å². The second-order valence-corrected chi connectivity index (χ2v) is 7.03. The summed E-state index contributed by atoms with van der Waals surface area (Å²) in [6.07, 6.45) is 0.343. The number of imide groups is 1. The Hall–Kier alpha value is -3.06. The molecule has 3 rings (SSSR count). The number of benzene rings is 2. The third kappa shape index (κ3) is 4.19. The molecule has 1 atom stereocenters. The predicted molar refractivity (Wildman–Crippen MR) is 110 cm³/mol. The van der Waals surface area contributed by atoms with Crippen molar-refractivity contribution in [3.05, 3.63) is 59.1 Å². The van der Waals surface area contributed by atoms with Gasteiger partial charge in [-0.1, -0.05) is 30.7 Å². The van der Waals surface area contributed by atoms with Gasteiger partial charge in [-0.2, -0.15) is 0 Å². The maximum absolute atomic E-state index is 13.1. The Morgan fingerprint density at radius 1 is 1.10 bits per heavy atom. The van der Waals surface area contributed by atoms with Gasteiger partial charge in [0.1, 0.15) is 17.8 Å². The summed E-state index contributed by atoms with van der Waals surface area (Å²) in [6, 6.07) is 13.0. The monoisotopic (exact) mass is 415 g/mol. The molecule has 29 heavy (non-hydrogen) atoms. The SMILES string of the molecule is CCOc1ccc(NC(=O)CN2C(=O)N[C@@](CC)(c3ccc(Cl)cc3)C2=O)cc1. The van der Waals surface area contributed by atoms with Gasteiger partial charge in [-0.15, -0.1) is 0 Å². The molecule has 0 unspecified atom stereocenters. The molecule has 0 aliphatic carbocycles. The zero-order valence-electron chi connectivity index (χ0n) is 16.2. The number of carbonyl (C=O) groups excluding carboxylic acids is 3. The lowest BCUT2D eigenvalue weighted by atomic mass is 9.87. The van der Waals surface area contributed by atoms with E-state index in [9.17, 15) is 14.4 Å². The van der Waals surface area contributed by atoms with Crippen molar-refractivity contribution in [2.75, 3.05) is 18.5 Å². The van der Waals surface area contributed by atoms with Crippen molar-refractivity contribution in [3.8, 4) is 5.75 Å². The first-order valence-corrected chi connectivity index (χ1v) is 9.70. The van der Waals surface area contributed by atoms with Crippen LogP contribution in [0.5, 0.6) is 5.75 Å². The highest BCUT2D eigenvalue weighted by atomic mass is 35.5. The number of halogens is 1. The molecule has 4 amide bonds. The van der Waals surface area contributed by atoms with Crippen molar-refractivity contribution in [2.45, 2.75) is 25.8 Å². The van der Waals surface area contributed by atoms with Gasteiger partial charge in [0.15, 0.2) is 0 Å². The molecular weight excluding hydrogens is 394 g/mol. The molecule has 1 fully saturated rings. The van der Waals surface area contributed by atoms with E-state index >= 15 is 0 Å². The maximum atomic E-state index is 13.1. The maximum Gasteiger partial charge on any atom is 0.325 e. The number of nitrogens with zero attached hydrogens (tertiary/aromatic N) is 1. The van der Waals surface area contributed by atoms with Crippen LogP contribution < -0.4 is 15.4 Å². The van der Waals surface area contributed by atoms with Gasteiger partial charge in [0.25, 0.3) is 5.91 Å². The molecule has 8 heteroatoms. The van der Waals surface area contributed by atoms with Gasteiger partial charge in [0.05, 0.1) is 6.61 Å². The summed E-state index contributed by atoms with van der Waals surface area (Å²) in [4.78, 5) is 38.9. The van der Waals surface area contributed by atoms with E-state index < -0.39 is 23.4 Å². The van der Waals surface area contributed by atoms with E-state index in [1.807, 2.05) is 6.92 Å². The summed E-state index contributed by atoms with van der Waals surface area (Å²) >= 11 is 5.93. The molecule has 1 heterocycles. The number of urea groups is 1. The third-order valence-corrected chi connectivity index (χ3v) is 5.05. The molecule has 0 bridgehead atoms. The minimum atomic E-state index is -1.21. The second kappa shape index (κ2) is 8.53. The van der Waals surface area contributed by atoms with Crippen LogP contribution in [0.2, 0.25) is 5.02 Å². The van der Waals surface area contributed by atoms with Crippen molar-refractivity contribution in [3.63, 3.8) is 0 Å². The highest BCUT2D eigenvalue weighted by Gasteiger charge is 2.51. The third-order valence-electron chi connectivity index (χ3n) is 4.79. The molecule has 1 aliphatic rings. The van der Waals surface area contributed by atoms with Crippen LogP contribution in [0.4, 0.5) is 10.5 Å². The Labute approximate surface area is 174 Å². The van der Waals surface area contributed by atoms with E-state index in [-0.39, 0.29) is 6.54 Å². The van der Waals surface area contributed by atoms with Gasteiger partial charge in [-0.25, -0.2) is 4.79 Å². The van der Waals surface area contributed by atoms with Crippen molar-refractivity contribution >= 4 is 35.1 Å².